The van der Waals surface area contributed by atoms with Crippen molar-refractivity contribution in [1.82, 2.24) is 5.32 Å². The Hall–Kier alpha value is -3.66. The van der Waals surface area contributed by atoms with Crippen LogP contribution in [0.4, 0.5) is 0 Å². The van der Waals surface area contributed by atoms with Crippen LogP contribution in [0.2, 0.25) is 5.02 Å². The first-order valence-electron chi connectivity index (χ1n) is 9.24. The van der Waals surface area contributed by atoms with Gasteiger partial charge in [-0.3, -0.25) is 9.59 Å². The number of carbonyl (C=O) groups excluding carboxylic acids is 2. The molecule has 0 aliphatic heterocycles. The molecule has 0 saturated carbocycles. The SMILES string of the molecule is NC(N)=NOCCCOc1cc(Cl)cc(C(=O)NCCC(=O)c2ccc(O)c(O)c2)c1. The van der Waals surface area contributed by atoms with E-state index in [1.807, 2.05) is 0 Å². The molecule has 1 amide bonds. The maximum Gasteiger partial charge on any atom is 0.251 e. The largest absolute Gasteiger partial charge is 0.504 e. The third-order valence-electron chi connectivity index (χ3n) is 3.89. The lowest BCUT2D eigenvalue weighted by Gasteiger charge is -2.10. The van der Waals surface area contributed by atoms with Gasteiger partial charge in [-0.1, -0.05) is 11.6 Å². The van der Waals surface area contributed by atoms with Gasteiger partial charge in [-0.15, -0.1) is 0 Å². The van der Waals surface area contributed by atoms with Crippen molar-refractivity contribution < 1.29 is 29.4 Å². The Bertz CT molecular complexity index is 963. The highest BCUT2D eigenvalue weighted by molar-refractivity contribution is 6.31. The molecule has 31 heavy (non-hydrogen) atoms. The molecule has 10 nitrogen and oxygen atoms in total. The molecule has 0 aromatic heterocycles. The van der Waals surface area contributed by atoms with Crippen LogP contribution in [0.1, 0.15) is 33.6 Å². The molecular formula is C20H23ClN4O6. The van der Waals surface area contributed by atoms with Crippen molar-refractivity contribution in [2.45, 2.75) is 12.8 Å². The highest BCUT2D eigenvalue weighted by Gasteiger charge is 2.12. The van der Waals surface area contributed by atoms with Crippen LogP contribution in [0, 0.1) is 0 Å². The number of Topliss-reactive ketones (excluding diaryl/α,β-unsaturated/α-hetero) is 1. The van der Waals surface area contributed by atoms with Crippen LogP contribution in [0.15, 0.2) is 41.6 Å². The lowest BCUT2D eigenvalue weighted by Crippen LogP contribution is -2.26. The Balaban J connectivity index is 1.83. The fourth-order valence-corrected chi connectivity index (χ4v) is 2.67. The molecule has 166 valence electrons. The van der Waals surface area contributed by atoms with Crippen molar-refractivity contribution in [1.29, 1.82) is 0 Å². The maximum atomic E-state index is 12.4. The number of amides is 1. The van der Waals surface area contributed by atoms with Crippen LogP contribution < -0.4 is 21.5 Å². The summed E-state index contributed by atoms with van der Waals surface area (Å²) >= 11 is 6.06. The van der Waals surface area contributed by atoms with Gasteiger partial charge in [0.05, 0.1) is 6.61 Å². The summed E-state index contributed by atoms with van der Waals surface area (Å²) in [7, 11) is 0. The number of guanidine groups is 1. The van der Waals surface area contributed by atoms with E-state index >= 15 is 0 Å². The summed E-state index contributed by atoms with van der Waals surface area (Å²) < 4.78 is 5.55. The predicted octanol–water partition coefficient (Wildman–Crippen LogP) is 1.73. The molecule has 2 aromatic rings. The molecule has 0 saturated heterocycles. The summed E-state index contributed by atoms with van der Waals surface area (Å²) in [6.45, 7) is 0.609. The second kappa shape index (κ2) is 11.5. The molecule has 11 heteroatoms. The number of oxime groups is 1. The second-order valence-corrected chi connectivity index (χ2v) is 6.80. The van der Waals surface area contributed by atoms with Gasteiger partial charge in [-0.2, -0.15) is 0 Å². The molecule has 0 spiro atoms. The number of ether oxygens (including phenoxy) is 1. The van der Waals surface area contributed by atoms with Crippen molar-refractivity contribution >= 4 is 29.3 Å². The fourth-order valence-electron chi connectivity index (χ4n) is 2.44. The van der Waals surface area contributed by atoms with Crippen LogP contribution in [0.3, 0.4) is 0 Å². The topological polar surface area (TPSA) is 169 Å². The molecule has 0 radical (unpaired) electrons. The van der Waals surface area contributed by atoms with E-state index in [9.17, 15) is 19.8 Å². The minimum Gasteiger partial charge on any atom is -0.504 e. The lowest BCUT2D eigenvalue weighted by atomic mass is 10.1. The summed E-state index contributed by atoms with van der Waals surface area (Å²) in [4.78, 5) is 29.4. The average molecular weight is 451 g/mol. The summed E-state index contributed by atoms with van der Waals surface area (Å²) in [5.41, 5.74) is 10.8. The van der Waals surface area contributed by atoms with E-state index in [-0.39, 0.29) is 60.5 Å². The number of phenols is 2. The summed E-state index contributed by atoms with van der Waals surface area (Å²) in [6, 6.07) is 8.35. The van der Waals surface area contributed by atoms with Gasteiger partial charge >= 0.3 is 0 Å². The minimum absolute atomic E-state index is 0.00960. The van der Waals surface area contributed by atoms with Crippen LogP contribution >= 0.6 is 11.6 Å². The van der Waals surface area contributed by atoms with Crippen LogP contribution in [-0.2, 0) is 4.84 Å². The van der Waals surface area contributed by atoms with Crippen molar-refractivity contribution in [3.8, 4) is 17.2 Å². The molecule has 0 atom stereocenters. The Morgan fingerprint density at radius 1 is 1.03 bits per heavy atom. The van der Waals surface area contributed by atoms with Crippen molar-refractivity contribution in [2.24, 2.45) is 16.6 Å². The smallest absolute Gasteiger partial charge is 0.251 e. The van der Waals surface area contributed by atoms with Gasteiger partial charge in [-0.05, 0) is 41.6 Å². The minimum atomic E-state index is -0.426. The number of hydrogen-bond acceptors (Lipinski definition) is 7. The Kier molecular flexibility index (Phi) is 8.77. The predicted molar refractivity (Wildman–Crippen MR) is 114 cm³/mol. The Morgan fingerprint density at radius 3 is 2.52 bits per heavy atom. The van der Waals surface area contributed by atoms with E-state index in [2.05, 4.69) is 10.5 Å². The zero-order valence-corrected chi connectivity index (χ0v) is 17.3. The number of ketones is 1. The number of benzene rings is 2. The van der Waals surface area contributed by atoms with Gasteiger partial charge in [0, 0.05) is 35.5 Å². The fraction of sp³-hybridized carbons (Fsp3) is 0.250. The van der Waals surface area contributed by atoms with Gasteiger partial charge in [-0.25, -0.2) is 0 Å². The molecule has 0 bridgehead atoms. The van der Waals surface area contributed by atoms with E-state index < -0.39 is 5.91 Å². The first-order valence-corrected chi connectivity index (χ1v) is 9.61. The molecule has 2 aromatic carbocycles. The van der Waals surface area contributed by atoms with E-state index in [4.69, 9.17) is 32.6 Å². The Labute approximate surface area is 183 Å². The molecular weight excluding hydrogens is 428 g/mol. The third-order valence-corrected chi connectivity index (χ3v) is 4.11. The molecule has 0 aliphatic rings. The highest BCUT2D eigenvalue weighted by Crippen LogP contribution is 2.25. The van der Waals surface area contributed by atoms with Gasteiger partial charge in [0.1, 0.15) is 12.4 Å². The number of halogens is 1. The van der Waals surface area contributed by atoms with Crippen LogP contribution in [0.5, 0.6) is 17.2 Å². The lowest BCUT2D eigenvalue weighted by molar-refractivity contribution is 0.0939. The van der Waals surface area contributed by atoms with E-state index in [0.717, 1.165) is 0 Å². The number of rotatable bonds is 11. The summed E-state index contributed by atoms with van der Waals surface area (Å²) in [6.07, 6.45) is 0.509. The number of carbonyl (C=O) groups is 2. The standard InChI is InChI=1S/C20H23ClN4O6/c21-14-8-13(9-15(11-14)30-6-1-7-31-25-20(22)23)19(29)24-5-4-16(26)12-2-3-17(27)18(28)10-12/h2-3,8-11,27-28H,1,4-7H2,(H,24,29)(H4,22,23,25). The number of nitrogens with one attached hydrogen (secondary N) is 1. The van der Waals surface area contributed by atoms with E-state index in [1.165, 1.54) is 30.3 Å². The zero-order valence-electron chi connectivity index (χ0n) is 16.5. The molecule has 0 fully saturated rings. The van der Waals surface area contributed by atoms with E-state index in [1.54, 1.807) is 6.07 Å². The van der Waals surface area contributed by atoms with Gasteiger partial charge in [0.2, 0.25) is 5.96 Å². The monoisotopic (exact) mass is 450 g/mol. The quantitative estimate of drug-likeness (QED) is 0.0860. The summed E-state index contributed by atoms with van der Waals surface area (Å²) in [5.74, 6) is -1.20. The van der Waals surface area contributed by atoms with Gasteiger partial charge < -0.3 is 36.6 Å². The molecule has 0 heterocycles. The number of hydrogen-bond donors (Lipinski definition) is 5. The maximum absolute atomic E-state index is 12.4. The Morgan fingerprint density at radius 2 is 1.81 bits per heavy atom. The van der Waals surface area contributed by atoms with E-state index in [0.29, 0.717) is 17.2 Å². The molecule has 2 rings (SSSR count). The van der Waals surface area contributed by atoms with Crippen LogP contribution in [-0.4, -0.2) is 47.6 Å². The molecule has 7 N–H and O–H groups in total. The zero-order chi connectivity index (χ0) is 22.8. The highest BCUT2D eigenvalue weighted by atomic mass is 35.5. The van der Waals surface area contributed by atoms with Gasteiger partial charge in [0.25, 0.3) is 5.91 Å². The number of phenolic OH excluding ortho intramolecular Hbond substituents is 2. The van der Waals surface area contributed by atoms with Crippen LogP contribution in [0.25, 0.3) is 0 Å². The molecule has 0 unspecified atom stereocenters. The average Bonchev–Trinajstić information content (AvgIpc) is 2.71. The summed E-state index contributed by atoms with van der Waals surface area (Å²) in [5, 5.41) is 25.1. The third kappa shape index (κ3) is 7.94. The first kappa shape index (κ1) is 23.6. The van der Waals surface area contributed by atoms with Gasteiger partial charge in [0.15, 0.2) is 17.3 Å². The van der Waals surface area contributed by atoms with Crippen molar-refractivity contribution in [2.75, 3.05) is 19.8 Å². The second-order valence-electron chi connectivity index (χ2n) is 6.36. The van der Waals surface area contributed by atoms with Crippen molar-refractivity contribution in [3.05, 3.63) is 52.5 Å². The van der Waals surface area contributed by atoms with Crippen molar-refractivity contribution in [3.63, 3.8) is 0 Å². The number of aromatic hydroxyl groups is 2. The normalized spacial score (nSPS) is 10.2. The molecule has 0 aliphatic carbocycles. The number of nitrogens with two attached hydrogens (primary N) is 2. The first-order chi connectivity index (χ1) is 14.8. The number of nitrogens with zero attached hydrogens (tertiary/aromatic N) is 1.